The van der Waals surface area contributed by atoms with Crippen molar-refractivity contribution in [2.45, 2.75) is 31.8 Å². The zero-order valence-corrected chi connectivity index (χ0v) is 17.3. The first-order valence-corrected chi connectivity index (χ1v) is 10.2. The van der Waals surface area contributed by atoms with Gasteiger partial charge in [-0.1, -0.05) is 6.07 Å². The van der Waals surface area contributed by atoms with Crippen LogP contribution in [0.2, 0.25) is 0 Å². The molecule has 9 heteroatoms. The van der Waals surface area contributed by atoms with Crippen molar-refractivity contribution in [1.82, 2.24) is 19.4 Å². The zero-order chi connectivity index (χ0) is 21.8. The molecule has 0 unspecified atom stereocenters. The van der Waals surface area contributed by atoms with E-state index >= 15 is 0 Å². The molecule has 3 heterocycles. The predicted octanol–water partition coefficient (Wildman–Crippen LogP) is 3.33. The van der Waals surface area contributed by atoms with Crippen molar-refractivity contribution in [2.24, 2.45) is 0 Å². The van der Waals surface area contributed by atoms with Crippen LogP contribution in [0.5, 0.6) is 11.5 Å². The largest absolute Gasteiger partial charge is 0.504 e. The van der Waals surface area contributed by atoms with E-state index in [0.717, 1.165) is 37.4 Å². The third kappa shape index (κ3) is 4.66. The molecule has 1 aromatic carbocycles. The Bertz CT molecular complexity index is 1050. The van der Waals surface area contributed by atoms with Gasteiger partial charge in [-0.25, -0.2) is 4.98 Å². The molecule has 0 amide bonds. The van der Waals surface area contributed by atoms with Crippen molar-refractivity contribution < 1.29 is 14.8 Å². The number of phenols is 1. The monoisotopic (exact) mass is 423 g/mol. The lowest BCUT2D eigenvalue weighted by atomic mass is 9.95. The van der Waals surface area contributed by atoms with E-state index < -0.39 is 4.92 Å². The van der Waals surface area contributed by atoms with Crippen molar-refractivity contribution in [1.29, 1.82) is 0 Å². The summed E-state index contributed by atoms with van der Waals surface area (Å²) in [6.45, 7) is 2.74. The number of phenolic OH excluding ortho intramolecular Hbond substituents is 1. The van der Waals surface area contributed by atoms with Gasteiger partial charge in [0.1, 0.15) is 5.82 Å². The Labute approximate surface area is 180 Å². The molecule has 3 aromatic rings. The van der Waals surface area contributed by atoms with Gasteiger partial charge in [-0.2, -0.15) is 0 Å². The standard InChI is InChI=1S/C22H25N5O4/c1-31-20-13-19(27(29)30)12-17(21(20)28)14-25-9-5-16(6-10-25)22-24-8-11-26(22)15-18-4-2-3-7-23-18/h2-4,7-8,11-13,16,28H,5-6,9-10,14-15H2,1H3. The van der Waals surface area contributed by atoms with Crippen LogP contribution in [0.15, 0.2) is 48.9 Å². The number of aromatic hydroxyl groups is 1. The second kappa shape index (κ2) is 9.13. The minimum absolute atomic E-state index is 0.0406. The van der Waals surface area contributed by atoms with Gasteiger partial charge in [0.2, 0.25) is 0 Å². The molecule has 1 N–H and O–H groups in total. The summed E-state index contributed by atoms with van der Waals surface area (Å²) >= 11 is 0. The lowest BCUT2D eigenvalue weighted by molar-refractivity contribution is -0.385. The highest BCUT2D eigenvalue weighted by Gasteiger charge is 2.26. The molecule has 4 rings (SSSR count). The molecule has 2 aromatic heterocycles. The number of hydrogen-bond acceptors (Lipinski definition) is 7. The van der Waals surface area contributed by atoms with Gasteiger partial charge in [-0.3, -0.25) is 20.0 Å². The molecule has 0 saturated carbocycles. The highest BCUT2D eigenvalue weighted by Crippen LogP contribution is 2.36. The molecule has 1 fully saturated rings. The van der Waals surface area contributed by atoms with Gasteiger partial charge in [0, 0.05) is 42.7 Å². The van der Waals surface area contributed by atoms with E-state index in [-0.39, 0.29) is 17.2 Å². The van der Waals surface area contributed by atoms with Crippen LogP contribution < -0.4 is 4.74 Å². The number of rotatable bonds is 7. The van der Waals surface area contributed by atoms with Crippen molar-refractivity contribution in [2.75, 3.05) is 20.2 Å². The number of nitro benzene ring substituents is 1. The average Bonchev–Trinajstić information content (AvgIpc) is 3.24. The second-order valence-electron chi connectivity index (χ2n) is 7.70. The first kappa shape index (κ1) is 20.8. The van der Waals surface area contributed by atoms with Crippen LogP contribution in [0.25, 0.3) is 0 Å². The molecule has 0 atom stereocenters. The number of methoxy groups -OCH3 is 1. The highest BCUT2D eigenvalue weighted by molar-refractivity contribution is 5.53. The van der Waals surface area contributed by atoms with Gasteiger partial charge >= 0.3 is 0 Å². The molecule has 0 bridgehead atoms. The van der Waals surface area contributed by atoms with Crippen LogP contribution in [0.4, 0.5) is 5.69 Å². The van der Waals surface area contributed by atoms with E-state index in [1.807, 2.05) is 30.6 Å². The smallest absolute Gasteiger partial charge is 0.273 e. The minimum Gasteiger partial charge on any atom is -0.504 e. The average molecular weight is 423 g/mol. The van der Waals surface area contributed by atoms with Crippen LogP contribution in [-0.4, -0.2) is 49.7 Å². The summed E-state index contributed by atoms with van der Waals surface area (Å²) in [7, 11) is 1.39. The SMILES string of the molecule is COc1cc([N+](=O)[O-])cc(CN2CCC(c3nccn3Cc3ccccn3)CC2)c1O. The van der Waals surface area contributed by atoms with Crippen molar-refractivity contribution in [3.63, 3.8) is 0 Å². The number of ether oxygens (including phenoxy) is 1. The van der Waals surface area contributed by atoms with Gasteiger partial charge < -0.3 is 14.4 Å². The van der Waals surface area contributed by atoms with Crippen molar-refractivity contribution in [3.8, 4) is 11.5 Å². The van der Waals surface area contributed by atoms with Gasteiger partial charge in [0.15, 0.2) is 11.5 Å². The van der Waals surface area contributed by atoms with Gasteiger partial charge in [-0.15, -0.1) is 0 Å². The van der Waals surface area contributed by atoms with Crippen LogP contribution in [0.1, 0.15) is 35.8 Å². The Balaban J connectivity index is 1.42. The maximum Gasteiger partial charge on any atom is 0.273 e. The van der Waals surface area contributed by atoms with E-state index in [1.54, 1.807) is 6.20 Å². The van der Waals surface area contributed by atoms with Gasteiger partial charge in [0.05, 0.1) is 30.3 Å². The normalized spacial score (nSPS) is 15.1. The van der Waals surface area contributed by atoms with E-state index in [0.29, 0.717) is 24.6 Å². The molecule has 0 spiro atoms. The predicted molar refractivity (Wildman–Crippen MR) is 114 cm³/mol. The number of non-ortho nitro benzene ring substituents is 1. The molecule has 162 valence electrons. The molecule has 0 radical (unpaired) electrons. The summed E-state index contributed by atoms with van der Waals surface area (Å²) in [5.74, 6) is 1.48. The number of benzene rings is 1. The van der Waals surface area contributed by atoms with E-state index in [1.165, 1.54) is 19.2 Å². The number of hydrogen-bond donors (Lipinski definition) is 1. The van der Waals surface area contributed by atoms with Crippen LogP contribution >= 0.6 is 0 Å². The zero-order valence-electron chi connectivity index (χ0n) is 17.3. The van der Waals surface area contributed by atoms with E-state index in [9.17, 15) is 15.2 Å². The third-order valence-electron chi connectivity index (χ3n) is 5.72. The number of aromatic nitrogens is 3. The molecule has 1 aliphatic rings. The second-order valence-corrected chi connectivity index (χ2v) is 7.70. The van der Waals surface area contributed by atoms with Crippen LogP contribution in [0.3, 0.4) is 0 Å². The number of piperidine rings is 1. The number of nitro groups is 1. The number of imidazole rings is 1. The van der Waals surface area contributed by atoms with Crippen LogP contribution in [0, 0.1) is 10.1 Å². The summed E-state index contributed by atoms with van der Waals surface area (Å²) < 4.78 is 7.26. The maximum absolute atomic E-state index is 11.2. The lowest BCUT2D eigenvalue weighted by Gasteiger charge is -2.32. The first-order chi connectivity index (χ1) is 15.0. The quantitative estimate of drug-likeness (QED) is 0.459. The third-order valence-corrected chi connectivity index (χ3v) is 5.72. The Morgan fingerprint density at radius 1 is 1.19 bits per heavy atom. The Kier molecular flexibility index (Phi) is 6.13. The number of nitrogens with zero attached hydrogens (tertiary/aromatic N) is 5. The van der Waals surface area contributed by atoms with Crippen LogP contribution in [-0.2, 0) is 13.1 Å². The summed E-state index contributed by atoms with van der Waals surface area (Å²) in [6, 6.07) is 8.56. The molecular formula is C22H25N5O4. The fourth-order valence-corrected chi connectivity index (χ4v) is 4.10. The van der Waals surface area contributed by atoms with Gasteiger partial charge in [0.25, 0.3) is 5.69 Å². The van der Waals surface area contributed by atoms with Crippen molar-refractivity contribution in [3.05, 3.63) is 76.1 Å². The van der Waals surface area contributed by atoms with E-state index in [4.69, 9.17) is 4.74 Å². The lowest BCUT2D eigenvalue weighted by Crippen LogP contribution is -2.33. The minimum atomic E-state index is -0.473. The fourth-order valence-electron chi connectivity index (χ4n) is 4.10. The van der Waals surface area contributed by atoms with Gasteiger partial charge in [-0.05, 0) is 38.1 Å². The Morgan fingerprint density at radius 2 is 2.00 bits per heavy atom. The molecule has 1 aliphatic heterocycles. The molecule has 1 saturated heterocycles. The summed E-state index contributed by atoms with van der Waals surface area (Å²) in [6.07, 6.45) is 7.46. The molecule has 0 aliphatic carbocycles. The number of likely N-dealkylation sites (tertiary alicyclic amines) is 1. The van der Waals surface area contributed by atoms with E-state index in [2.05, 4.69) is 19.4 Å². The topological polar surface area (TPSA) is 107 Å². The summed E-state index contributed by atoms with van der Waals surface area (Å²) in [4.78, 5) is 21.9. The summed E-state index contributed by atoms with van der Waals surface area (Å²) in [5, 5.41) is 21.6. The molecule has 31 heavy (non-hydrogen) atoms. The number of pyridine rings is 1. The molecular weight excluding hydrogens is 398 g/mol. The Hall–Kier alpha value is -3.46. The first-order valence-electron chi connectivity index (χ1n) is 10.2. The maximum atomic E-state index is 11.2. The summed E-state index contributed by atoms with van der Waals surface area (Å²) in [5.41, 5.74) is 1.41. The van der Waals surface area contributed by atoms with Crippen molar-refractivity contribution >= 4 is 5.69 Å². The molecule has 9 nitrogen and oxygen atoms in total. The Morgan fingerprint density at radius 3 is 2.68 bits per heavy atom. The highest BCUT2D eigenvalue weighted by atomic mass is 16.6. The fraction of sp³-hybridized carbons (Fsp3) is 0.364.